The summed E-state index contributed by atoms with van der Waals surface area (Å²) >= 11 is 8.71. The smallest absolute Gasteiger partial charge is 0.164 e. The molecule has 0 unspecified atom stereocenters. The quantitative estimate of drug-likeness (QED) is 0.558. The van der Waals surface area contributed by atoms with Crippen LogP contribution in [0.25, 0.3) is 0 Å². The Morgan fingerprint density at radius 2 is 2.42 bits per heavy atom. The molecule has 0 atom stereocenters. The van der Waals surface area contributed by atoms with Crippen LogP contribution in [0.5, 0.6) is 0 Å². The van der Waals surface area contributed by atoms with Crippen LogP contribution in [0.2, 0.25) is 0 Å². The first-order valence-electron chi connectivity index (χ1n) is 3.35. The van der Waals surface area contributed by atoms with Crippen LogP contribution < -0.4 is 0 Å². The molecule has 1 rings (SSSR count). The van der Waals surface area contributed by atoms with E-state index in [-0.39, 0.29) is 0 Å². The largest absolute Gasteiger partial charge is 0.239 e. The van der Waals surface area contributed by atoms with Crippen molar-refractivity contribution in [3.8, 4) is 11.8 Å². The standard InChI is InChI=1S/C7H7BrClN3/c1-12-6(4-2-3-5-9)7(8)10-11-12/h3,5H2,1H3. The summed E-state index contributed by atoms with van der Waals surface area (Å²) in [7, 11) is 1.79. The second kappa shape index (κ2) is 4.48. The maximum absolute atomic E-state index is 5.47. The van der Waals surface area contributed by atoms with Crippen molar-refractivity contribution in [2.24, 2.45) is 7.05 Å². The molecule has 5 heteroatoms. The highest BCUT2D eigenvalue weighted by Crippen LogP contribution is 2.09. The molecule has 0 saturated heterocycles. The normalized spacial score (nSPS) is 9.25. The summed E-state index contributed by atoms with van der Waals surface area (Å²) in [5, 5.41) is 7.57. The molecule has 3 nitrogen and oxygen atoms in total. The molecule has 0 spiro atoms. The zero-order valence-corrected chi connectivity index (χ0v) is 8.85. The van der Waals surface area contributed by atoms with Gasteiger partial charge in [-0.15, -0.1) is 16.7 Å². The van der Waals surface area contributed by atoms with Crippen LogP contribution in [-0.2, 0) is 7.05 Å². The number of aromatic nitrogens is 3. The van der Waals surface area contributed by atoms with Gasteiger partial charge in [0.15, 0.2) is 4.60 Å². The highest BCUT2D eigenvalue weighted by molar-refractivity contribution is 9.10. The predicted molar refractivity (Wildman–Crippen MR) is 50.9 cm³/mol. The highest BCUT2D eigenvalue weighted by atomic mass is 79.9. The number of alkyl halides is 1. The Hall–Kier alpha value is -0.530. The third-order valence-electron chi connectivity index (χ3n) is 1.21. The average Bonchev–Trinajstić information content (AvgIpc) is 2.35. The third kappa shape index (κ3) is 2.23. The Kier molecular flexibility index (Phi) is 3.57. The van der Waals surface area contributed by atoms with Crippen LogP contribution in [0.15, 0.2) is 4.60 Å². The van der Waals surface area contributed by atoms with Gasteiger partial charge < -0.3 is 0 Å². The Bertz CT molecular complexity index is 304. The van der Waals surface area contributed by atoms with E-state index in [0.29, 0.717) is 16.9 Å². The summed E-state index contributed by atoms with van der Waals surface area (Å²) in [6, 6.07) is 0. The van der Waals surface area contributed by atoms with Gasteiger partial charge >= 0.3 is 0 Å². The van der Waals surface area contributed by atoms with Crippen molar-refractivity contribution in [3.63, 3.8) is 0 Å². The fraction of sp³-hybridized carbons (Fsp3) is 0.429. The highest BCUT2D eigenvalue weighted by Gasteiger charge is 2.02. The van der Waals surface area contributed by atoms with Crippen molar-refractivity contribution in [1.82, 2.24) is 15.0 Å². The van der Waals surface area contributed by atoms with Crippen LogP contribution in [0.1, 0.15) is 12.1 Å². The molecule has 0 radical (unpaired) electrons. The molecule has 1 aromatic heterocycles. The molecule has 0 aliphatic carbocycles. The summed E-state index contributed by atoms with van der Waals surface area (Å²) in [5.74, 6) is 6.38. The first-order valence-corrected chi connectivity index (χ1v) is 4.68. The first kappa shape index (κ1) is 9.56. The zero-order valence-electron chi connectivity index (χ0n) is 6.51. The van der Waals surface area contributed by atoms with Gasteiger partial charge in [0.1, 0.15) is 5.69 Å². The number of aryl methyl sites for hydroxylation is 1. The molecule has 1 heterocycles. The molecular formula is C7H7BrClN3. The van der Waals surface area contributed by atoms with Gasteiger partial charge in [0, 0.05) is 19.3 Å². The molecule has 0 aliphatic rings. The topological polar surface area (TPSA) is 30.7 Å². The first-order chi connectivity index (χ1) is 5.75. The lowest BCUT2D eigenvalue weighted by Crippen LogP contribution is -1.93. The average molecular weight is 249 g/mol. The number of rotatable bonds is 1. The van der Waals surface area contributed by atoms with E-state index in [1.54, 1.807) is 11.7 Å². The zero-order chi connectivity index (χ0) is 8.97. The van der Waals surface area contributed by atoms with Crippen molar-refractivity contribution in [2.45, 2.75) is 6.42 Å². The van der Waals surface area contributed by atoms with E-state index in [2.05, 4.69) is 38.1 Å². The maximum atomic E-state index is 5.47. The van der Waals surface area contributed by atoms with E-state index >= 15 is 0 Å². The lowest BCUT2D eigenvalue weighted by molar-refractivity contribution is 0.708. The molecule has 1 aromatic rings. The minimum Gasteiger partial charge on any atom is -0.239 e. The summed E-state index contributed by atoms with van der Waals surface area (Å²) in [4.78, 5) is 0. The molecule has 0 bridgehead atoms. The van der Waals surface area contributed by atoms with Crippen molar-refractivity contribution in [2.75, 3.05) is 5.88 Å². The van der Waals surface area contributed by atoms with E-state index in [1.165, 1.54) is 0 Å². The van der Waals surface area contributed by atoms with Gasteiger partial charge in [-0.05, 0) is 21.9 Å². The van der Waals surface area contributed by atoms with E-state index in [1.807, 2.05) is 0 Å². The third-order valence-corrected chi connectivity index (χ3v) is 1.94. The second-order valence-electron chi connectivity index (χ2n) is 2.09. The molecule has 0 amide bonds. The second-order valence-corrected chi connectivity index (χ2v) is 3.22. The molecular weight excluding hydrogens is 241 g/mol. The fourth-order valence-electron chi connectivity index (χ4n) is 0.658. The Labute approximate surface area is 84.2 Å². The van der Waals surface area contributed by atoms with E-state index in [4.69, 9.17) is 11.6 Å². The van der Waals surface area contributed by atoms with Crippen LogP contribution in [0.3, 0.4) is 0 Å². The van der Waals surface area contributed by atoms with Crippen molar-refractivity contribution in [1.29, 1.82) is 0 Å². The lowest BCUT2D eigenvalue weighted by atomic mass is 10.4. The lowest BCUT2D eigenvalue weighted by Gasteiger charge is -1.88. The molecule has 64 valence electrons. The maximum Gasteiger partial charge on any atom is 0.164 e. The van der Waals surface area contributed by atoms with Crippen molar-refractivity contribution < 1.29 is 0 Å². The minimum atomic E-state index is 0.551. The van der Waals surface area contributed by atoms with Gasteiger partial charge in [0.05, 0.1) is 0 Å². The number of hydrogen-bond donors (Lipinski definition) is 0. The number of halogens is 2. The van der Waals surface area contributed by atoms with Crippen LogP contribution >= 0.6 is 27.5 Å². The van der Waals surface area contributed by atoms with Gasteiger partial charge in [0.2, 0.25) is 0 Å². The van der Waals surface area contributed by atoms with Gasteiger partial charge in [-0.3, -0.25) is 0 Å². The molecule has 0 aliphatic heterocycles. The number of nitrogens with zero attached hydrogens (tertiary/aromatic N) is 3. The van der Waals surface area contributed by atoms with E-state index in [9.17, 15) is 0 Å². The molecule has 12 heavy (non-hydrogen) atoms. The van der Waals surface area contributed by atoms with E-state index < -0.39 is 0 Å². The Balaban J connectivity index is 2.82. The molecule has 0 N–H and O–H groups in total. The van der Waals surface area contributed by atoms with Gasteiger partial charge in [-0.25, -0.2) is 4.68 Å². The number of hydrogen-bond acceptors (Lipinski definition) is 2. The van der Waals surface area contributed by atoms with Gasteiger partial charge in [-0.2, -0.15) is 0 Å². The molecule has 0 fully saturated rings. The summed E-state index contributed by atoms with van der Waals surface area (Å²) < 4.78 is 2.29. The van der Waals surface area contributed by atoms with Crippen LogP contribution in [-0.4, -0.2) is 20.9 Å². The van der Waals surface area contributed by atoms with E-state index in [0.717, 1.165) is 5.69 Å². The SMILES string of the molecule is Cn1nnc(Br)c1C#CCCCl. The van der Waals surface area contributed by atoms with Crippen molar-refractivity contribution in [3.05, 3.63) is 10.3 Å². The van der Waals surface area contributed by atoms with Gasteiger partial charge in [0.25, 0.3) is 0 Å². The Morgan fingerprint density at radius 3 is 2.92 bits per heavy atom. The monoisotopic (exact) mass is 247 g/mol. The summed E-state index contributed by atoms with van der Waals surface area (Å²) in [6.07, 6.45) is 0.680. The van der Waals surface area contributed by atoms with Crippen LogP contribution in [0, 0.1) is 11.8 Å². The fourth-order valence-corrected chi connectivity index (χ4v) is 1.18. The molecule has 0 aromatic carbocycles. The van der Waals surface area contributed by atoms with Crippen molar-refractivity contribution >= 4 is 27.5 Å². The molecule has 0 saturated carbocycles. The minimum absolute atomic E-state index is 0.551. The van der Waals surface area contributed by atoms with Crippen LogP contribution in [0.4, 0.5) is 0 Å². The summed E-state index contributed by atoms with van der Waals surface area (Å²) in [6.45, 7) is 0. The van der Waals surface area contributed by atoms with Gasteiger partial charge in [-0.1, -0.05) is 11.1 Å². The Morgan fingerprint density at radius 1 is 1.67 bits per heavy atom. The predicted octanol–water partition coefficient (Wildman–Crippen LogP) is 1.56. The summed E-state index contributed by atoms with van der Waals surface area (Å²) in [5.41, 5.74) is 0.778.